The van der Waals surface area contributed by atoms with Gasteiger partial charge in [-0.05, 0) is 18.6 Å². The number of benzene rings is 2. The van der Waals surface area contributed by atoms with Crippen LogP contribution in [0.2, 0.25) is 0 Å². The van der Waals surface area contributed by atoms with E-state index in [2.05, 4.69) is 18.2 Å². The van der Waals surface area contributed by atoms with E-state index in [9.17, 15) is 15.8 Å². The van der Waals surface area contributed by atoms with Crippen molar-refractivity contribution >= 4 is 5.90 Å². The van der Waals surface area contributed by atoms with Gasteiger partial charge in [0.05, 0.1) is 30.7 Å². The van der Waals surface area contributed by atoms with E-state index in [0.29, 0.717) is 23.5 Å². The molecule has 1 N–H and O–H groups in total. The molecule has 31 heavy (non-hydrogen) atoms. The number of nitrogens with one attached hydrogen (secondary N) is 1. The number of hydrogen-bond acceptors (Lipinski definition) is 7. The third-order valence-electron chi connectivity index (χ3n) is 6.15. The molecule has 4 atom stereocenters. The van der Waals surface area contributed by atoms with Gasteiger partial charge in [-0.25, -0.2) is 0 Å². The Morgan fingerprint density at radius 1 is 1.00 bits per heavy atom. The Morgan fingerprint density at radius 2 is 1.65 bits per heavy atom. The molecule has 2 heterocycles. The lowest BCUT2D eigenvalue weighted by molar-refractivity contribution is -0.253. The summed E-state index contributed by atoms with van der Waals surface area (Å²) in [7, 11) is 0. The number of para-hydroxylation sites is 1. The highest BCUT2D eigenvalue weighted by molar-refractivity contribution is 5.90. The fourth-order valence-electron chi connectivity index (χ4n) is 4.90. The summed E-state index contributed by atoms with van der Waals surface area (Å²) in [5.41, 5.74) is -2.82. The molecular formula is C24H20N4O3. The lowest BCUT2D eigenvalue weighted by Gasteiger charge is -2.49. The van der Waals surface area contributed by atoms with Crippen LogP contribution in [0.4, 0.5) is 0 Å². The molecule has 2 aromatic carbocycles. The molecule has 0 aliphatic carbocycles. The molecular weight excluding hydrogens is 392 g/mol. The number of nitriles is 3. The van der Waals surface area contributed by atoms with Crippen LogP contribution in [-0.4, -0.2) is 18.3 Å². The van der Waals surface area contributed by atoms with Crippen LogP contribution >= 0.6 is 0 Å². The molecule has 2 aliphatic heterocycles. The number of rotatable bonds is 4. The Balaban J connectivity index is 2.03. The highest BCUT2D eigenvalue weighted by atomic mass is 16.7. The first-order valence-corrected chi connectivity index (χ1v) is 9.90. The van der Waals surface area contributed by atoms with Crippen LogP contribution in [0, 0.1) is 50.2 Å². The maximum Gasteiger partial charge on any atom is 0.218 e. The fraction of sp³-hybridized carbons (Fsp3) is 0.333. The van der Waals surface area contributed by atoms with E-state index in [1.54, 1.807) is 55.5 Å². The maximum absolute atomic E-state index is 10.5. The molecule has 2 aromatic rings. The number of nitrogens with zero attached hydrogens (tertiary/aromatic N) is 3. The van der Waals surface area contributed by atoms with Gasteiger partial charge in [-0.1, -0.05) is 48.5 Å². The monoisotopic (exact) mass is 412 g/mol. The second-order valence-corrected chi connectivity index (χ2v) is 7.71. The summed E-state index contributed by atoms with van der Waals surface area (Å²) < 4.78 is 17.9. The summed E-state index contributed by atoms with van der Waals surface area (Å²) >= 11 is 0. The normalized spacial score (nSPS) is 30.4. The first kappa shape index (κ1) is 20.4. The van der Waals surface area contributed by atoms with Crippen LogP contribution in [0.1, 0.15) is 37.0 Å². The molecule has 7 nitrogen and oxygen atoms in total. The van der Waals surface area contributed by atoms with Gasteiger partial charge in [-0.2, -0.15) is 15.8 Å². The zero-order chi connectivity index (χ0) is 22.3. The van der Waals surface area contributed by atoms with Gasteiger partial charge in [0.1, 0.15) is 11.9 Å². The third-order valence-corrected chi connectivity index (χ3v) is 6.15. The van der Waals surface area contributed by atoms with Crippen LogP contribution in [0.5, 0.6) is 5.75 Å². The van der Waals surface area contributed by atoms with E-state index in [1.165, 1.54) is 0 Å². The second-order valence-electron chi connectivity index (χ2n) is 7.71. The molecule has 7 heteroatoms. The maximum atomic E-state index is 10.5. The minimum absolute atomic E-state index is 0.370. The quantitative estimate of drug-likeness (QED) is 0.802. The predicted molar refractivity (Wildman–Crippen MR) is 110 cm³/mol. The number of ether oxygens (including phenoxy) is 3. The van der Waals surface area contributed by atoms with Crippen LogP contribution in [0.15, 0.2) is 54.6 Å². The van der Waals surface area contributed by atoms with Crippen molar-refractivity contribution in [2.75, 3.05) is 6.61 Å². The summed E-state index contributed by atoms with van der Waals surface area (Å²) in [4.78, 5) is 0. The van der Waals surface area contributed by atoms with Crippen molar-refractivity contribution in [2.24, 2.45) is 10.8 Å². The first-order chi connectivity index (χ1) is 14.9. The zero-order valence-electron chi connectivity index (χ0n) is 17.1. The Labute approximate surface area is 180 Å². The molecule has 2 saturated heterocycles. The van der Waals surface area contributed by atoms with Gasteiger partial charge in [0.2, 0.25) is 17.1 Å². The summed E-state index contributed by atoms with van der Waals surface area (Å²) in [6.07, 6.45) is -1.17. The van der Waals surface area contributed by atoms with Gasteiger partial charge in [0.25, 0.3) is 0 Å². The fourth-order valence-corrected chi connectivity index (χ4v) is 4.90. The highest BCUT2D eigenvalue weighted by Crippen LogP contribution is 2.69. The van der Waals surface area contributed by atoms with Gasteiger partial charge in [0.15, 0.2) is 5.41 Å². The summed E-state index contributed by atoms with van der Waals surface area (Å²) in [5, 5.41) is 39.8. The highest BCUT2D eigenvalue weighted by Gasteiger charge is 2.79. The van der Waals surface area contributed by atoms with Crippen molar-refractivity contribution in [3.63, 3.8) is 0 Å². The minimum Gasteiger partial charge on any atom is -0.493 e. The van der Waals surface area contributed by atoms with E-state index >= 15 is 0 Å². The Hall–Kier alpha value is -3.86. The summed E-state index contributed by atoms with van der Waals surface area (Å²) in [6, 6.07) is 22.2. The molecule has 2 fully saturated rings. The van der Waals surface area contributed by atoms with E-state index < -0.39 is 34.5 Å². The number of fused-ring (bicyclic) bond motifs is 2. The first-order valence-electron chi connectivity index (χ1n) is 9.90. The zero-order valence-corrected chi connectivity index (χ0v) is 17.1. The van der Waals surface area contributed by atoms with Crippen molar-refractivity contribution in [3.8, 4) is 24.0 Å². The van der Waals surface area contributed by atoms with Gasteiger partial charge in [-0.3, -0.25) is 5.41 Å². The van der Waals surface area contributed by atoms with Crippen LogP contribution < -0.4 is 4.74 Å². The molecule has 0 amide bonds. The number of hydrogen-bond donors (Lipinski definition) is 1. The summed E-state index contributed by atoms with van der Waals surface area (Å²) in [5.74, 6) is -2.28. The van der Waals surface area contributed by atoms with E-state index in [-0.39, 0.29) is 0 Å². The van der Waals surface area contributed by atoms with E-state index in [4.69, 9.17) is 19.6 Å². The third kappa shape index (κ3) is 2.49. The Morgan fingerprint density at radius 3 is 2.26 bits per heavy atom. The van der Waals surface area contributed by atoms with Crippen molar-refractivity contribution in [2.45, 2.75) is 31.7 Å². The molecule has 4 rings (SSSR count). The molecule has 0 aromatic heterocycles. The topological polar surface area (TPSA) is 123 Å². The van der Waals surface area contributed by atoms with Gasteiger partial charge in [0, 0.05) is 12.5 Å². The smallest absolute Gasteiger partial charge is 0.218 e. The Bertz CT molecular complexity index is 1150. The molecule has 0 saturated carbocycles. The molecule has 0 spiro atoms. The van der Waals surface area contributed by atoms with Crippen LogP contribution in [0.25, 0.3) is 0 Å². The molecule has 4 unspecified atom stereocenters. The Kier molecular flexibility index (Phi) is 4.69. The van der Waals surface area contributed by atoms with Crippen LogP contribution in [0.3, 0.4) is 0 Å². The average molecular weight is 412 g/mol. The van der Waals surface area contributed by atoms with Gasteiger partial charge < -0.3 is 14.2 Å². The second kappa shape index (κ2) is 7.13. The molecule has 0 radical (unpaired) electrons. The van der Waals surface area contributed by atoms with Gasteiger partial charge in [-0.15, -0.1) is 0 Å². The van der Waals surface area contributed by atoms with E-state index in [0.717, 1.165) is 0 Å². The lowest BCUT2D eigenvalue weighted by Crippen LogP contribution is -2.57. The van der Waals surface area contributed by atoms with E-state index in [1.807, 2.05) is 13.0 Å². The average Bonchev–Trinajstić information content (AvgIpc) is 2.97. The SMILES string of the molecule is CCOc1ccccc1C1OC2(C)OC(=N)C(C#N)(C2c2ccccc2)C1(C#N)C#N. The standard InChI is InChI=1S/C24H20N4O3/c1-3-29-18-12-8-7-11-17(18)20-23(13-25,14-26)24(15-27)19(16-9-5-4-6-10-16)22(2,30-20)31-21(24)28/h4-12,19-20,28H,3H2,1-2H3. The van der Waals surface area contributed by atoms with Gasteiger partial charge >= 0.3 is 0 Å². The largest absolute Gasteiger partial charge is 0.493 e. The lowest BCUT2D eigenvalue weighted by atomic mass is 9.52. The molecule has 154 valence electrons. The molecule has 2 bridgehead atoms. The minimum atomic E-state index is -2.05. The van der Waals surface area contributed by atoms with Crippen LogP contribution in [-0.2, 0) is 9.47 Å². The van der Waals surface area contributed by atoms with Crippen molar-refractivity contribution < 1.29 is 14.2 Å². The van der Waals surface area contributed by atoms with Crippen molar-refractivity contribution in [1.82, 2.24) is 0 Å². The molecule has 2 aliphatic rings. The summed E-state index contributed by atoms with van der Waals surface area (Å²) in [6.45, 7) is 3.84. The predicted octanol–water partition coefficient (Wildman–Crippen LogP) is 4.21. The van der Waals surface area contributed by atoms with Crippen molar-refractivity contribution in [3.05, 3.63) is 65.7 Å². The van der Waals surface area contributed by atoms with Crippen molar-refractivity contribution in [1.29, 1.82) is 21.2 Å².